The molecule has 8 nitrogen and oxygen atoms in total. The molecule has 2 aromatic carbocycles. The maximum Gasteiger partial charge on any atom is 0.310 e. The molecule has 9 heteroatoms. The van der Waals surface area contributed by atoms with Gasteiger partial charge in [0.15, 0.2) is 11.5 Å². The Morgan fingerprint density at radius 1 is 0.714 bits per heavy atom. The fourth-order valence-corrected chi connectivity index (χ4v) is 1.24. The third kappa shape index (κ3) is 5.70. The molecule has 0 atom stereocenters. The first-order chi connectivity index (χ1) is 9.43. The van der Waals surface area contributed by atoms with E-state index in [4.69, 9.17) is 10.2 Å². The summed E-state index contributed by atoms with van der Waals surface area (Å²) in [5, 5.41) is 37.8. The van der Waals surface area contributed by atoms with Crippen LogP contribution in [0.25, 0.3) is 0 Å². The number of para-hydroxylation sites is 4. The van der Waals surface area contributed by atoms with E-state index in [9.17, 15) is 20.2 Å². The summed E-state index contributed by atoms with van der Waals surface area (Å²) in [6.45, 7) is 0. The van der Waals surface area contributed by atoms with Crippen LogP contribution in [0, 0.1) is 20.2 Å². The van der Waals surface area contributed by atoms with Gasteiger partial charge in [0, 0.05) is 38.3 Å². The standard InChI is InChI=1S/2C6H5NO3.Zr/c2*8-6-4-2-1-3-5(6)7(9)10;/h2*1-4,8H;. The van der Waals surface area contributed by atoms with Gasteiger partial charge in [-0.15, -0.1) is 0 Å². The number of nitro benzene ring substituents is 2. The van der Waals surface area contributed by atoms with E-state index >= 15 is 0 Å². The molecule has 0 fully saturated rings. The molecule has 0 aliphatic carbocycles. The normalized spacial score (nSPS) is 8.76. The Morgan fingerprint density at radius 2 is 1.00 bits per heavy atom. The molecule has 2 aromatic rings. The molecule has 0 heterocycles. The second-order valence-corrected chi connectivity index (χ2v) is 3.49. The Hall–Kier alpha value is -2.28. The minimum absolute atomic E-state index is 0. The zero-order valence-electron chi connectivity index (χ0n) is 10.5. The Labute approximate surface area is 138 Å². The van der Waals surface area contributed by atoms with Crippen molar-refractivity contribution in [3.8, 4) is 11.5 Å². The maximum absolute atomic E-state index is 10.1. The van der Waals surface area contributed by atoms with Gasteiger partial charge in [0.25, 0.3) is 0 Å². The number of rotatable bonds is 2. The summed E-state index contributed by atoms with van der Waals surface area (Å²) in [7, 11) is 0. The fraction of sp³-hybridized carbons (Fsp3) is 0. The molecule has 0 spiro atoms. The predicted octanol–water partition coefficient (Wildman–Crippen LogP) is 2.60. The summed E-state index contributed by atoms with van der Waals surface area (Å²) in [5.41, 5.74) is -0.523. The molecule has 0 saturated heterocycles. The molecule has 0 aliphatic rings. The Balaban J connectivity index is 0.000000364. The largest absolute Gasteiger partial charge is 0.502 e. The molecular formula is C12H10N2O6Zr. The second kappa shape index (κ2) is 8.81. The maximum atomic E-state index is 10.1. The SMILES string of the molecule is O=[N+]([O-])c1ccccc1O.O=[N+]([O-])c1ccccc1O.[Zr]. The molecule has 2 N–H and O–H groups in total. The minimum atomic E-state index is -0.630. The van der Waals surface area contributed by atoms with E-state index in [1.807, 2.05) is 0 Å². The smallest absolute Gasteiger partial charge is 0.310 e. The molecule has 0 aromatic heterocycles. The summed E-state index contributed by atoms with van der Waals surface area (Å²) in [4.78, 5) is 18.9. The minimum Gasteiger partial charge on any atom is -0.502 e. The number of phenolic OH excluding ortho intramolecular Hbond substituents is 2. The monoisotopic (exact) mass is 368 g/mol. The summed E-state index contributed by atoms with van der Waals surface area (Å²) < 4.78 is 0. The van der Waals surface area contributed by atoms with E-state index in [1.54, 1.807) is 0 Å². The summed E-state index contributed by atoms with van der Waals surface area (Å²) >= 11 is 0. The molecule has 0 unspecified atom stereocenters. The molecule has 0 bridgehead atoms. The molecule has 0 saturated carbocycles. The van der Waals surface area contributed by atoms with Gasteiger partial charge >= 0.3 is 11.4 Å². The van der Waals surface area contributed by atoms with Crippen LogP contribution >= 0.6 is 0 Å². The van der Waals surface area contributed by atoms with E-state index < -0.39 is 9.85 Å². The van der Waals surface area contributed by atoms with E-state index in [2.05, 4.69) is 0 Å². The molecule has 108 valence electrons. The van der Waals surface area contributed by atoms with Crippen LogP contribution in [-0.4, -0.2) is 20.1 Å². The molecule has 2 rings (SSSR count). The zero-order chi connectivity index (χ0) is 15.1. The Kier molecular flexibility index (Phi) is 7.85. The molecule has 21 heavy (non-hydrogen) atoms. The van der Waals surface area contributed by atoms with E-state index in [0.29, 0.717) is 0 Å². The fourth-order valence-electron chi connectivity index (χ4n) is 1.24. The van der Waals surface area contributed by atoms with E-state index in [-0.39, 0.29) is 49.1 Å². The number of phenols is 2. The van der Waals surface area contributed by atoms with Crippen molar-refractivity contribution in [1.82, 2.24) is 0 Å². The van der Waals surface area contributed by atoms with Gasteiger partial charge in [-0.3, -0.25) is 20.2 Å². The van der Waals surface area contributed by atoms with E-state index in [0.717, 1.165) is 0 Å². The Morgan fingerprint density at radius 3 is 1.19 bits per heavy atom. The predicted molar refractivity (Wildman–Crippen MR) is 69.5 cm³/mol. The Bertz CT molecular complexity index is 579. The van der Waals surface area contributed by atoms with Gasteiger partial charge in [0.05, 0.1) is 9.85 Å². The number of benzene rings is 2. The van der Waals surface area contributed by atoms with Crippen LogP contribution in [0.15, 0.2) is 48.5 Å². The van der Waals surface area contributed by atoms with Gasteiger partial charge in [-0.1, -0.05) is 24.3 Å². The number of nitro groups is 2. The van der Waals surface area contributed by atoms with Crippen molar-refractivity contribution < 1.29 is 46.3 Å². The van der Waals surface area contributed by atoms with Crippen LogP contribution in [0.3, 0.4) is 0 Å². The van der Waals surface area contributed by atoms with Crippen molar-refractivity contribution in [2.45, 2.75) is 0 Å². The topological polar surface area (TPSA) is 127 Å². The molecule has 0 radical (unpaired) electrons. The third-order valence-electron chi connectivity index (χ3n) is 2.16. The first-order valence-electron chi connectivity index (χ1n) is 5.28. The van der Waals surface area contributed by atoms with Gasteiger partial charge in [0.2, 0.25) is 0 Å². The second-order valence-electron chi connectivity index (χ2n) is 3.49. The van der Waals surface area contributed by atoms with Crippen LogP contribution < -0.4 is 0 Å². The average Bonchev–Trinajstić information content (AvgIpc) is 2.40. The number of nitrogens with zero attached hydrogens (tertiary/aromatic N) is 2. The summed E-state index contributed by atoms with van der Waals surface area (Å²) in [5.74, 6) is -0.597. The van der Waals surface area contributed by atoms with Crippen LogP contribution in [-0.2, 0) is 26.2 Å². The van der Waals surface area contributed by atoms with E-state index in [1.165, 1.54) is 48.5 Å². The first kappa shape index (κ1) is 18.7. The number of hydrogen-bond donors (Lipinski definition) is 2. The van der Waals surface area contributed by atoms with Gasteiger partial charge < -0.3 is 10.2 Å². The van der Waals surface area contributed by atoms with Gasteiger partial charge in [-0.2, -0.15) is 0 Å². The van der Waals surface area contributed by atoms with Crippen LogP contribution in [0.2, 0.25) is 0 Å². The molecule has 0 aliphatic heterocycles. The number of aromatic hydroxyl groups is 2. The summed E-state index contributed by atoms with van der Waals surface area (Å²) in [6, 6.07) is 11.1. The average molecular weight is 369 g/mol. The van der Waals surface area contributed by atoms with Crippen molar-refractivity contribution >= 4 is 11.4 Å². The first-order valence-corrected chi connectivity index (χ1v) is 5.28. The molecule has 0 amide bonds. The van der Waals surface area contributed by atoms with Crippen molar-refractivity contribution in [2.75, 3.05) is 0 Å². The number of hydrogen-bond acceptors (Lipinski definition) is 6. The van der Waals surface area contributed by atoms with Crippen LogP contribution in [0.4, 0.5) is 11.4 Å². The van der Waals surface area contributed by atoms with Crippen molar-refractivity contribution in [1.29, 1.82) is 0 Å². The summed E-state index contributed by atoms with van der Waals surface area (Å²) in [6.07, 6.45) is 0. The van der Waals surface area contributed by atoms with Crippen LogP contribution in [0.5, 0.6) is 11.5 Å². The van der Waals surface area contributed by atoms with Gasteiger partial charge in [-0.25, -0.2) is 0 Å². The third-order valence-corrected chi connectivity index (χ3v) is 2.16. The van der Waals surface area contributed by atoms with Gasteiger partial charge in [0.1, 0.15) is 0 Å². The quantitative estimate of drug-likeness (QED) is 0.619. The zero-order valence-corrected chi connectivity index (χ0v) is 13.0. The van der Waals surface area contributed by atoms with Crippen molar-refractivity contribution in [3.05, 3.63) is 68.8 Å². The van der Waals surface area contributed by atoms with Crippen molar-refractivity contribution in [2.24, 2.45) is 0 Å². The van der Waals surface area contributed by atoms with Gasteiger partial charge in [-0.05, 0) is 12.1 Å². The molecular weight excluding hydrogens is 359 g/mol. The van der Waals surface area contributed by atoms with Crippen molar-refractivity contribution in [3.63, 3.8) is 0 Å². The van der Waals surface area contributed by atoms with Crippen LogP contribution in [0.1, 0.15) is 0 Å².